The molecular weight excluding hydrogens is 508 g/mol. The minimum atomic E-state index is -0.769. The predicted molar refractivity (Wildman–Crippen MR) is 155 cm³/mol. The first kappa shape index (κ1) is 30.4. The summed E-state index contributed by atoms with van der Waals surface area (Å²) in [5.41, 5.74) is 3.66. The van der Waals surface area contributed by atoms with Crippen molar-refractivity contribution in [3.05, 3.63) is 71.4 Å². The van der Waals surface area contributed by atoms with Gasteiger partial charge in [0.05, 0.1) is 14.2 Å². The number of aryl methyl sites for hydroxylation is 1. The monoisotopic (exact) mass is 548 g/mol. The number of ether oxygens (including phenoxy) is 2. The number of rotatable bonds is 13. The van der Waals surface area contributed by atoms with Gasteiger partial charge in [0.1, 0.15) is 11.8 Å². The SMILES string of the molecule is CN/C=C(\C=N)c1cccc(CCC(=O)N2CCC(CC(=O)NC(Cc3ccc(OC)cc3)C(=O)OC)CC2)c1. The molecular formula is C31H40N4O5. The molecule has 0 radical (unpaired) electrons. The Kier molecular flexibility index (Phi) is 11.7. The number of carbonyl (C=O) groups excluding carboxylic acids is 3. The Bertz CT molecular complexity index is 1190. The minimum Gasteiger partial charge on any atom is -0.497 e. The second kappa shape index (κ2) is 15.5. The van der Waals surface area contributed by atoms with Crippen molar-refractivity contribution >= 4 is 29.6 Å². The van der Waals surface area contributed by atoms with E-state index in [2.05, 4.69) is 10.6 Å². The molecule has 0 spiro atoms. The zero-order chi connectivity index (χ0) is 28.9. The highest BCUT2D eigenvalue weighted by Gasteiger charge is 2.27. The average molecular weight is 549 g/mol. The molecule has 2 aromatic rings. The molecule has 0 bridgehead atoms. The fourth-order valence-electron chi connectivity index (χ4n) is 4.91. The van der Waals surface area contributed by atoms with Crippen LogP contribution in [-0.4, -0.2) is 69.3 Å². The quantitative estimate of drug-likeness (QED) is 0.261. The Morgan fingerprint density at radius 1 is 1.07 bits per heavy atom. The van der Waals surface area contributed by atoms with Crippen LogP contribution in [0.15, 0.2) is 54.7 Å². The van der Waals surface area contributed by atoms with Gasteiger partial charge in [0.2, 0.25) is 11.8 Å². The van der Waals surface area contributed by atoms with E-state index in [9.17, 15) is 14.4 Å². The van der Waals surface area contributed by atoms with Crippen LogP contribution < -0.4 is 15.4 Å². The molecule has 3 rings (SSSR count). The van der Waals surface area contributed by atoms with E-state index in [0.29, 0.717) is 38.8 Å². The number of amides is 2. The summed E-state index contributed by atoms with van der Waals surface area (Å²) in [5, 5.41) is 13.4. The molecule has 3 N–H and O–H groups in total. The van der Waals surface area contributed by atoms with Crippen LogP contribution in [0.2, 0.25) is 0 Å². The number of methoxy groups -OCH3 is 2. The number of piperidine rings is 1. The molecule has 9 heteroatoms. The van der Waals surface area contributed by atoms with Crippen molar-refractivity contribution in [2.75, 3.05) is 34.4 Å². The van der Waals surface area contributed by atoms with Crippen molar-refractivity contribution in [2.45, 2.75) is 44.6 Å². The highest BCUT2D eigenvalue weighted by molar-refractivity contribution is 6.08. The van der Waals surface area contributed by atoms with Crippen LogP contribution in [0.5, 0.6) is 5.75 Å². The maximum absolute atomic E-state index is 12.9. The molecule has 214 valence electrons. The second-order valence-electron chi connectivity index (χ2n) is 9.96. The number of benzene rings is 2. The average Bonchev–Trinajstić information content (AvgIpc) is 2.98. The predicted octanol–water partition coefficient (Wildman–Crippen LogP) is 3.37. The van der Waals surface area contributed by atoms with E-state index in [1.165, 1.54) is 13.3 Å². The molecule has 1 atom stereocenters. The Morgan fingerprint density at radius 3 is 2.42 bits per heavy atom. The Hall–Kier alpha value is -4.14. The molecule has 1 aliphatic heterocycles. The number of allylic oxidation sites excluding steroid dienone is 1. The number of carbonyl (C=O) groups is 3. The van der Waals surface area contributed by atoms with Gasteiger partial charge >= 0.3 is 5.97 Å². The summed E-state index contributed by atoms with van der Waals surface area (Å²) < 4.78 is 10.1. The summed E-state index contributed by atoms with van der Waals surface area (Å²) in [7, 11) is 4.70. The maximum Gasteiger partial charge on any atom is 0.328 e. The van der Waals surface area contributed by atoms with Crippen molar-refractivity contribution in [3.63, 3.8) is 0 Å². The van der Waals surface area contributed by atoms with E-state index < -0.39 is 12.0 Å². The molecule has 40 heavy (non-hydrogen) atoms. The third-order valence-corrected chi connectivity index (χ3v) is 7.20. The number of likely N-dealkylation sites (tertiary alicyclic amines) is 1. The van der Waals surface area contributed by atoms with Crippen LogP contribution in [0, 0.1) is 11.3 Å². The molecule has 1 heterocycles. The first-order valence-electron chi connectivity index (χ1n) is 13.6. The van der Waals surface area contributed by atoms with Gasteiger partial charge in [-0.15, -0.1) is 0 Å². The largest absolute Gasteiger partial charge is 0.497 e. The van der Waals surface area contributed by atoms with Crippen molar-refractivity contribution in [2.24, 2.45) is 5.92 Å². The Labute approximate surface area is 236 Å². The molecule has 1 saturated heterocycles. The van der Waals surface area contributed by atoms with Gasteiger partial charge in [-0.25, -0.2) is 4.79 Å². The van der Waals surface area contributed by atoms with Crippen LogP contribution in [0.3, 0.4) is 0 Å². The molecule has 1 unspecified atom stereocenters. The summed E-state index contributed by atoms with van der Waals surface area (Å²) in [4.78, 5) is 39.9. The van der Waals surface area contributed by atoms with Gasteiger partial charge in [0.15, 0.2) is 0 Å². The fourth-order valence-corrected chi connectivity index (χ4v) is 4.91. The van der Waals surface area contributed by atoms with Crippen molar-refractivity contribution in [1.82, 2.24) is 15.5 Å². The summed E-state index contributed by atoms with van der Waals surface area (Å²) in [6.45, 7) is 1.23. The van der Waals surface area contributed by atoms with E-state index in [-0.39, 0.29) is 17.7 Å². The molecule has 1 aliphatic rings. The van der Waals surface area contributed by atoms with E-state index >= 15 is 0 Å². The van der Waals surface area contributed by atoms with Crippen LogP contribution in [0.1, 0.15) is 42.4 Å². The number of hydrogen-bond donors (Lipinski definition) is 3. The third kappa shape index (κ3) is 8.97. The van der Waals surface area contributed by atoms with Crippen molar-refractivity contribution in [1.29, 1.82) is 5.41 Å². The van der Waals surface area contributed by atoms with Gasteiger partial charge in [-0.1, -0.05) is 36.4 Å². The summed E-state index contributed by atoms with van der Waals surface area (Å²) in [6.07, 6.45) is 6.24. The van der Waals surface area contributed by atoms with Crippen LogP contribution in [-0.2, 0) is 32.0 Å². The zero-order valence-electron chi connectivity index (χ0n) is 23.6. The molecule has 9 nitrogen and oxygen atoms in total. The third-order valence-electron chi connectivity index (χ3n) is 7.20. The van der Waals surface area contributed by atoms with E-state index in [1.807, 2.05) is 53.4 Å². The summed E-state index contributed by atoms with van der Waals surface area (Å²) in [5.74, 6) is 0.305. The number of nitrogens with one attached hydrogen (secondary N) is 3. The van der Waals surface area contributed by atoms with E-state index in [1.54, 1.807) is 20.4 Å². The molecule has 1 fully saturated rings. The van der Waals surface area contributed by atoms with Crippen molar-refractivity contribution in [3.8, 4) is 5.75 Å². The molecule has 2 aromatic carbocycles. The number of nitrogens with zero attached hydrogens (tertiary/aromatic N) is 1. The lowest BCUT2D eigenvalue weighted by atomic mass is 9.92. The van der Waals surface area contributed by atoms with Gasteiger partial charge in [-0.3, -0.25) is 9.59 Å². The zero-order valence-corrected chi connectivity index (χ0v) is 23.6. The summed E-state index contributed by atoms with van der Waals surface area (Å²) in [6, 6.07) is 14.5. The van der Waals surface area contributed by atoms with E-state index in [4.69, 9.17) is 14.9 Å². The smallest absolute Gasteiger partial charge is 0.328 e. The highest BCUT2D eigenvalue weighted by atomic mass is 16.5. The van der Waals surface area contributed by atoms with Gasteiger partial charge in [-0.2, -0.15) is 0 Å². The fraction of sp³-hybridized carbons (Fsp3) is 0.419. The van der Waals surface area contributed by atoms with Gasteiger partial charge in [0, 0.05) is 57.4 Å². The topological polar surface area (TPSA) is 121 Å². The van der Waals surface area contributed by atoms with Crippen LogP contribution in [0.4, 0.5) is 0 Å². The van der Waals surface area contributed by atoms with Crippen LogP contribution >= 0.6 is 0 Å². The molecule has 0 saturated carbocycles. The molecule has 2 amide bonds. The molecule has 0 aromatic heterocycles. The first-order valence-corrected chi connectivity index (χ1v) is 13.6. The minimum absolute atomic E-state index is 0.108. The van der Waals surface area contributed by atoms with Crippen LogP contribution in [0.25, 0.3) is 5.57 Å². The normalized spacial score (nSPS) is 14.7. The van der Waals surface area contributed by atoms with Crippen molar-refractivity contribution < 1.29 is 23.9 Å². The first-order chi connectivity index (χ1) is 19.4. The summed E-state index contributed by atoms with van der Waals surface area (Å²) >= 11 is 0. The number of hydrogen-bond acceptors (Lipinski definition) is 7. The lowest BCUT2D eigenvalue weighted by molar-refractivity contribution is -0.145. The van der Waals surface area contributed by atoms with E-state index in [0.717, 1.165) is 40.9 Å². The Balaban J connectivity index is 1.45. The number of esters is 1. The van der Waals surface area contributed by atoms with Gasteiger partial charge in [-0.05, 0) is 54.0 Å². The van der Waals surface area contributed by atoms with Gasteiger partial charge < -0.3 is 30.4 Å². The maximum atomic E-state index is 12.9. The second-order valence-corrected chi connectivity index (χ2v) is 9.96. The lowest BCUT2D eigenvalue weighted by Crippen LogP contribution is -2.44. The standard InChI is InChI=1S/C31H40N4O5/c1-33-21-26(20-32)25-6-4-5-22(17-25)9-12-30(37)35-15-13-24(14-16-35)19-29(36)34-28(31(38)40-3)18-23-7-10-27(39-2)11-8-23/h4-8,10-11,17,20-21,24,28,32-33H,9,12-16,18-19H2,1-3H3,(H,34,36)/b26-21+,32-20?. The van der Waals surface area contributed by atoms with Gasteiger partial charge in [0.25, 0.3) is 0 Å². The highest BCUT2D eigenvalue weighted by Crippen LogP contribution is 2.22. The molecule has 0 aliphatic carbocycles. The Morgan fingerprint density at radius 2 is 1.80 bits per heavy atom. The lowest BCUT2D eigenvalue weighted by Gasteiger charge is -2.32.